The van der Waals surface area contributed by atoms with Crippen molar-refractivity contribution in [3.63, 3.8) is 0 Å². The van der Waals surface area contributed by atoms with Crippen LogP contribution in [0.25, 0.3) is 10.8 Å². The number of amides is 2. The van der Waals surface area contributed by atoms with Crippen molar-refractivity contribution in [2.45, 2.75) is 26.6 Å². The number of hydrazine groups is 1. The highest BCUT2D eigenvalue weighted by Crippen LogP contribution is 2.22. The monoisotopic (exact) mass is 412 g/mol. The molecule has 2 amide bonds. The number of hydrogen-bond donors (Lipinski definition) is 2. The van der Waals surface area contributed by atoms with Crippen LogP contribution in [-0.4, -0.2) is 18.1 Å². The highest BCUT2D eigenvalue weighted by molar-refractivity contribution is 6.31. The number of carbonyl (C=O) groups is 2. The van der Waals surface area contributed by atoms with Crippen LogP contribution in [0.2, 0.25) is 5.02 Å². The second kappa shape index (κ2) is 9.30. The molecule has 0 spiro atoms. The van der Waals surface area contributed by atoms with Gasteiger partial charge in [-0.25, -0.2) is 10.2 Å². The van der Waals surface area contributed by atoms with Gasteiger partial charge in [-0.1, -0.05) is 48.0 Å². The number of hydrogen-bond acceptors (Lipinski definition) is 4. The van der Waals surface area contributed by atoms with Crippen molar-refractivity contribution in [3.8, 4) is 5.75 Å². The molecule has 0 aliphatic heterocycles. The Hall–Kier alpha value is -3.25. The summed E-state index contributed by atoms with van der Waals surface area (Å²) in [5.41, 5.74) is 6.18. The number of nitrogens with one attached hydrogen (secondary N) is 2. The van der Waals surface area contributed by atoms with Gasteiger partial charge in [0.2, 0.25) is 0 Å². The molecular formula is C22H21ClN2O4. The molecule has 150 valence electrons. The molecule has 0 aromatic heterocycles. The molecule has 2 N–H and O–H groups in total. The van der Waals surface area contributed by atoms with Crippen molar-refractivity contribution in [2.75, 3.05) is 0 Å². The Balaban J connectivity index is 1.45. The Kier molecular flexibility index (Phi) is 6.57. The molecular weight excluding hydrogens is 392 g/mol. The van der Waals surface area contributed by atoms with E-state index in [1.165, 1.54) is 0 Å². The summed E-state index contributed by atoms with van der Waals surface area (Å²) in [7, 11) is 0. The van der Waals surface area contributed by atoms with E-state index in [1.807, 2.05) is 49.4 Å². The summed E-state index contributed by atoms with van der Waals surface area (Å²) in [5, 5.41) is 2.79. The number of carbonyl (C=O) groups excluding carboxylic acids is 2. The Morgan fingerprint density at radius 2 is 1.76 bits per heavy atom. The zero-order chi connectivity index (χ0) is 20.8. The van der Waals surface area contributed by atoms with Crippen LogP contribution in [0, 0.1) is 6.92 Å². The van der Waals surface area contributed by atoms with Gasteiger partial charge in [-0.2, -0.15) is 0 Å². The van der Waals surface area contributed by atoms with E-state index in [0.29, 0.717) is 10.8 Å². The van der Waals surface area contributed by atoms with Gasteiger partial charge in [0.05, 0.1) is 0 Å². The maximum Gasteiger partial charge on any atom is 0.426 e. The number of aryl methyl sites for hydroxylation is 1. The van der Waals surface area contributed by atoms with Crippen LogP contribution in [0.1, 0.15) is 18.1 Å². The minimum absolute atomic E-state index is 0.0860. The second-order valence-corrected chi connectivity index (χ2v) is 6.95. The van der Waals surface area contributed by atoms with Gasteiger partial charge in [-0.05, 0) is 60.0 Å². The molecule has 0 radical (unpaired) electrons. The van der Waals surface area contributed by atoms with Crippen molar-refractivity contribution >= 4 is 34.4 Å². The van der Waals surface area contributed by atoms with Crippen LogP contribution in [-0.2, 0) is 16.1 Å². The zero-order valence-electron chi connectivity index (χ0n) is 16.1. The van der Waals surface area contributed by atoms with Crippen molar-refractivity contribution < 1.29 is 19.1 Å². The predicted molar refractivity (Wildman–Crippen MR) is 112 cm³/mol. The maximum atomic E-state index is 12.1. The molecule has 1 atom stereocenters. The molecule has 29 heavy (non-hydrogen) atoms. The number of benzene rings is 3. The summed E-state index contributed by atoms with van der Waals surface area (Å²) >= 11 is 5.97. The molecule has 3 rings (SSSR count). The van der Waals surface area contributed by atoms with Crippen molar-refractivity contribution in [1.29, 1.82) is 0 Å². The third kappa shape index (κ3) is 5.62. The van der Waals surface area contributed by atoms with E-state index >= 15 is 0 Å². The minimum atomic E-state index is -0.823. The van der Waals surface area contributed by atoms with E-state index in [2.05, 4.69) is 10.9 Å². The first-order valence-electron chi connectivity index (χ1n) is 9.05. The average Bonchev–Trinajstić information content (AvgIpc) is 2.72. The third-order valence-corrected chi connectivity index (χ3v) is 4.71. The van der Waals surface area contributed by atoms with E-state index < -0.39 is 18.1 Å². The fraction of sp³-hybridized carbons (Fsp3) is 0.182. The Bertz CT molecular complexity index is 1040. The average molecular weight is 413 g/mol. The third-order valence-electron chi connectivity index (χ3n) is 4.28. The fourth-order valence-electron chi connectivity index (χ4n) is 2.68. The lowest BCUT2D eigenvalue weighted by Gasteiger charge is -2.15. The topological polar surface area (TPSA) is 76.7 Å². The SMILES string of the molecule is Cc1cc(O[C@H](C)C(=O)NNC(=O)OCc2ccc3ccccc3c2)ccc1Cl. The van der Waals surface area contributed by atoms with Gasteiger partial charge in [0, 0.05) is 5.02 Å². The van der Waals surface area contributed by atoms with Crippen LogP contribution < -0.4 is 15.6 Å². The smallest absolute Gasteiger partial charge is 0.426 e. The normalized spacial score (nSPS) is 11.6. The first-order chi connectivity index (χ1) is 13.9. The van der Waals surface area contributed by atoms with Gasteiger partial charge < -0.3 is 9.47 Å². The lowest BCUT2D eigenvalue weighted by Crippen LogP contribution is -2.47. The molecule has 0 aliphatic rings. The lowest BCUT2D eigenvalue weighted by molar-refractivity contribution is -0.128. The molecule has 0 fully saturated rings. The minimum Gasteiger partial charge on any atom is -0.481 e. The lowest BCUT2D eigenvalue weighted by atomic mass is 10.1. The van der Waals surface area contributed by atoms with E-state index in [9.17, 15) is 9.59 Å². The van der Waals surface area contributed by atoms with E-state index in [0.717, 1.165) is 21.9 Å². The molecule has 0 saturated heterocycles. The highest BCUT2D eigenvalue weighted by atomic mass is 35.5. The summed E-state index contributed by atoms with van der Waals surface area (Å²) in [5.74, 6) is -0.00584. The first-order valence-corrected chi connectivity index (χ1v) is 9.43. The van der Waals surface area contributed by atoms with Gasteiger partial charge in [0.15, 0.2) is 6.10 Å². The molecule has 7 heteroatoms. The fourth-order valence-corrected chi connectivity index (χ4v) is 2.79. The molecule has 0 aliphatic carbocycles. The van der Waals surface area contributed by atoms with E-state index in [-0.39, 0.29) is 6.61 Å². The largest absolute Gasteiger partial charge is 0.481 e. The van der Waals surface area contributed by atoms with E-state index in [1.54, 1.807) is 25.1 Å². The van der Waals surface area contributed by atoms with Crippen LogP contribution >= 0.6 is 11.6 Å². The maximum absolute atomic E-state index is 12.1. The van der Waals surface area contributed by atoms with Crippen molar-refractivity contribution in [3.05, 3.63) is 76.8 Å². The van der Waals surface area contributed by atoms with Gasteiger partial charge in [0.1, 0.15) is 12.4 Å². The van der Waals surface area contributed by atoms with Gasteiger partial charge in [0.25, 0.3) is 5.91 Å². The quantitative estimate of drug-likeness (QED) is 0.604. The van der Waals surface area contributed by atoms with Crippen LogP contribution in [0.3, 0.4) is 0 Å². The van der Waals surface area contributed by atoms with Gasteiger partial charge in [-0.15, -0.1) is 0 Å². The van der Waals surface area contributed by atoms with Crippen molar-refractivity contribution in [1.82, 2.24) is 10.9 Å². The zero-order valence-corrected chi connectivity index (χ0v) is 16.8. The summed E-state index contributed by atoms with van der Waals surface area (Å²) in [6.07, 6.45) is -1.59. The highest BCUT2D eigenvalue weighted by Gasteiger charge is 2.16. The molecule has 0 bridgehead atoms. The molecule has 0 saturated carbocycles. The van der Waals surface area contributed by atoms with E-state index in [4.69, 9.17) is 21.1 Å². The Morgan fingerprint density at radius 3 is 2.52 bits per heavy atom. The van der Waals surface area contributed by atoms with Crippen LogP contribution in [0.15, 0.2) is 60.7 Å². The predicted octanol–water partition coefficient (Wildman–Crippen LogP) is 4.53. The molecule has 0 heterocycles. The standard InChI is InChI=1S/C22H21ClN2O4/c1-14-11-19(9-10-20(14)23)29-15(2)21(26)24-25-22(27)28-13-16-7-8-17-5-3-4-6-18(17)12-16/h3-12,15H,13H2,1-2H3,(H,24,26)(H,25,27)/t15-/m1/s1. The summed E-state index contributed by atoms with van der Waals surface area (Å²) < 4.78 is 10.7. The van der Waals surface area contributed by atoms with Crippen LogP contribution in [0.4, 0.5) is 4.79 Å². The first kappa shape index (κ1) is 20.5. The molecule has 0 unspecified atom stereocenters. The Labute approximate surface area is 173 Å². The second-order valence-electron chi connectivity index (χ2n) is 6.54. The van der Waals surface area contributed by atoms with Crippen molar-refractivity contribution in [2.24, 2.45) is 0 Å². The summed E-state index contributed by atoms with van der Waals surface area (Å²) in [6.45, 7) is 3.50. The molecule has 6 nitrogen and oxygen atoms in total. The Morgan fingerprint density at radius 1 is 1.00 bits per heavy atom. The number of rotatable bonds is 5. The molecule has 3 aromatic carbocycles. The summed E-state index contributed by atoms with van der Waals surface area (Å²) in [6, 6.07) is 18.8. The number of ether oxygens (including phenoxy) is 2. The van der Waals surface area contributed by atoms with Gasteiger partial charge in [-0.3, -0.25) is 10.2 Å². The van der Waals surface area contributed by atoms with Crippen LogP contribution in [0.5, 0.6) is 5.75 Å². The summed E-state index contributed by atoms with van der Waals surface area (Å²) in [4.78, 5) is 23.9. The number of fused-ring (bicyclic) bond motifs is 1. The molecule has 3 aromatic rings. The number of halogens is 1. The van der Waals surface area contributed by atoms with Gasteiger partial charge >= 0.3 is 6.09 Å².